The van der Waals surface area contributed by atoms with Crippen LogP contribution in [-0.4, -0.2) is 82.3 Å². The topological polar surface area (TPSA) is 52.1 Å². The van der Waals surface area contributed by atoms with E-state index in [0.29, 0.717) is 6.61 Å². The molecule has 1 aliphatic rings. The normalized spacial score (nSPS) is 16.2. The summed E-state index contributed by atoms with van der Waals surface area (Å²) in [7, 11) is 3.51. The molecule has 1 aromatic rings. The summed E-state index contributed by atoms with van der Waals surface area (Å²) in [5, 5.41) is 6.59. The van der Waals surface area contributed by atoms with Crippen LogP contribution in [0.15, 0.2) is 35.3 Å². The fourth-order valence-electron chi connectivity index (χ4n) is 3.01. The summed E-state index contributed by atoms with van der Waals surface area (Å²) in [6.07, 6.45) is 1.13. The van der Waals surface area contributed by atoms with Gasteiger partial charge in [-0.1, -0.05) is 30.3 Å². The fraction of sp³-hybridized carbons (Fsp3) is 0.632. The number of ether oxygens (including phenoxy) is 1. The molecule has 1 aliphatic heterocycles. The summed E-state index contributed by atoms with van der Waals surface area (Å²) in [6, 6.07) is 10.8. The van der Waals surface area contributed by atoms with E-state index in [1.54, 1.807) is 14.2 Å². The van der Waals surface area contributed by atoms with Crippen LogP contribution in [0.5, 0.6) is 0 Å². The van der Waals surface area contributed by atoms with Crippen molar-refractivity contribution < 1.29 is 4.74 Å². The lowest BCUT2D eigenvalue weighted by Gasteiger charge is -2.34. The van der Waals surface area contributed by atoms with E-state index in [-0.39, 0.29) is 24.0 Å². The molecule has 2 rings (SSSR count). The maximum atomic E-state index is 5.03. The SMILES string of the molecule is CN=C(NCCCN1CCN(Cc2ccccc2)CC1)NCCOC.I. The lowest BCUT2D eigenvalue weighted by molar-refractivity contribution is 0.126. The lowest BCUT2D eigenvalue weighted by Crippen LogP contribution is -2.46. The number of halogens is 1. The third-order valence-electron chi connectivity index (χ3n) is 4.48. The highest BCUT2D eigenvalue weighted by Crippen LogP contribution is 2.08. The molecule has 0 aliphatic carbocycles. The minimum atomic E-state index is 0. The van der Waals surface area contributed by atoms with E-state index in [1.807, 2.05) is 0 Å². The average Bonchev–Trinajstić information content (AvgIpc) is 2.66. The van der Waals surface area contributed by atoms with Gasteiger partial charge in [-0.3, -0.25) is 9.89 Å². The third kappa shape index (κ3) is 9.16. The van der Waals surface area contributed by atoms with Crippen molar-refractivity contribution in [3.05, 3.63) is 35.9 Å². The number of hydrogen-bond donors (Lipinski definition) is 2. The monoisotopic (exact) mass is 475 g/mol. The van der Waals surface area contributed by atoms with Crippen LogP contribution in [0.4, 0.5) is 0 Å². The Balaban J connectivity index is 0.00000338. The number of rotatable bonds is 9. The number of hydrogen-bond acceptors (Lipinski definition) is 4. The Labute approximate surface area is 175 Å². The molecule has 6 nitrogen and oxygen atoms in total. The van der Waals surface area contributed by atoms with Gasteiger partial charge in [0, 0.05) is 60.0 Å². The van der Waals surface area contributed by atoms with Crippen LogP contribution in [0.25, 0.3) is 0 Å². The van der Waals surface area contributed by atoms with Crippen molar-refractivity contribution in [1.29, 1.82) is 0 Å². The minimum Gasteiger partial charge on any atom is -0.383 e. The van der Waals surface area contributed by atoms with Gasteiger partial charge in [0.25, 0.3) is 0 Å². The van der Waals surface area contributed by atoms with Crippen molar-refractivity contribution in [2.45, 2.75) is 13.0 Å². The van der Waals surface area contributed by atoms with Gasteiger partial charge in [0.15, 0.2) is 5.96 Å². The van der Waals surface area contributed by atoms with Crippen molar-refractivity contribution in [3.63, 3.8) is 0 Å². The van der Waals surface area contributed by atoms with E-state index in [4.69, 9.17) is 4.74 Å². The second kappa shape index (κ2) is 14.2. The molecule has 26 heavy (non-hydrogen) atoms. The average molecular weight is 475 g/mol. The maximum absolute atomic E-state index is 5.03. The van der Waals surface area contributed by atoms with Crippen LogP contribution < -0.4 is 10.6 Å². The first kappa shape index (κ1) is 23.1. The zero-order valence-electron chi connectivity index (χ0n) is 16.1. The third-order valence-corrected chi connectivity index (χ3v) is 4.48. The lowest BCUT2D eigenvalue weighted by atomic mass is 10.2. The van der Waals surface area contributed by atoms with Crippen molar-refractivity contribution in [1.82, 2.24) is 20.4 Å². The molecule has 0 radical (unpaired) electrons. The van der Waals surface area contributed by atoms with Crippen molar-refractivity contribution in [3.8, 4) is 0 Å². The summed E-state index contributed by atoms with van der Waals surface area (Å²) in [5.74, 6) is 0.852. The molecule has 1 heterocycles. The molecule has 1 fully saturated rings. The van der Waals surface area contributed by atoms with Crippen LogP contribution in [0.1, 0.15) is 12.0 Å². The predicted molar refractivity (Wildman–Crippen MR) is 119 cm³/mol. The van der Waals surface area contributed by atoms with E-state index < -0.39 is 0 Å². The molecule has 7 heteroatoms. The molecule has 0 bridgehead atoms. The standard InChI is InChI=1S/C19H33N5O.HI/c1-20-19(22-10-16-25-2)21-9-6-11-23-12-14-24(15-13-23)17-18-7-4-3-5-8-18;/h3-5,7-8H,6,9-17H2,1-2H3,(H2,20,21,22);1H. The van der Waals surface area contributed by atoms with Gasteiger partial charge in [0.05, 0.1) is 6.61 Å². The van der Waals surface area contributed by atoms with Crippen molar-refractivity contribution in [2.24, 2.45) is 4.99 Å². The zero-order chi connectivity index (χ0) is 17.7. The number of aliphatic imine (C=N–C) groups is 1. The largest absolute Gasteiger partial charge is 0.383 e. The molecule has 0 saturated carbocycles. The number of piperazine rings is 1. The number of guanidine groups is 1. The molecular weight excluding hydrogens is 441 g/mol. The molecule has 0 aromatic heterocycles. The number of nitrogens with one attached hydrogen (secondary N) is 2. The van der Waals surface area contributed by atoms with Crippen LogP contribution in [0, 0.1) is 0 Å². The van der Waals surface area contributed by atoms with E-state index in [9.17, 15) is 0 Å². The molecule has 0 unspecified atom stereocenters. The Hall–Kier alpha value is -0.900. The summed E-state index contributed by atoms with van der Waals surface area (Å²) in [5.41, 5.74) is 1.41. The Morgan fingerprint density at radius 3 is 2.35 bits per heavy atom. The van der Waals surface area contributed by atoms with Crippen LogP contribution in [0.2, 0.25) is 0 Å². The maximum Gasteiger partial charge on any atom is 0.191 e. The van der Waals surface area contributed by atoms with Crippen molar-refractivity contribution in [2.75, 3.05) is 66.6 Å². The first-order valence-corrected chi connectivity index (χ1v) is 9.24. The second-order valence-electron chi connectivity index (χ2n) is 6.38. The van der Waals surface area contributed by atoms with Gasteiger partial charge in [-0.2, -0.15) is 0 Å². The zero-order valence-corrected chi connectivity index (χ0v) is 18.4. The Morgan fingerprint density at radius 1 is 1.04 bits per heavy atom. The minimum absolute atomic E-state index is 0. The van der Waals surface area contributed by atoms with Crippen LogP contribution in [0.3, 0.4) is 0 Å². The molecule has 2 N–H and O–H groups in total. The Morgan fingerprint density at radius 2 is 1.69 bits per heavy atom. The van der Waals surface area contributed by atoms with E-state index >= 15 is 0 Å². The predicted octanol–water partition coefficient (Wildman–Crippen LogP) is 1.62. The van der Waals surface area contributed by atoms with E-state index in [0.717, 1.165) is 64.7 Å². The first-order valence-electron chi connectivity index (χ1n) is 9.24. The van der Waals surface area contributed by atoms with Crippen LogP contribution in [-0.2, 0) is 11.3 Å². The first-order chi connectivity index (χ1) is 12.3. The molecular formula is C19H34IN5O. The van der Waals surface area contributed by atoms with Gasteiger partial charge in [-0.05, 0) is 18.5 Å². The summed E-state index contributed by atoms with van der Waals surface area (Å²) in [6.45, 7) is 9.25. The fourth-order valence-corrected chi connectivity index (χ4v) is 3.01. The van der Waals surface area contributed by atoms with E-state index in [2.05, 4.69) is 55.8 Å². The van der Waals surface area contributed by atoms with Gasteiger partial charge >= 0.3 is 0 Å². The van der Waals surface area contributed by atoms with Crippen molar-refractivity contribution >= 4 is 29.9 Å². The molecule has 1 saturated heterocycles. The second-order valence-corrected chi connectivity index (χ2v) is 6.38. The number of methoxy groups -OCH3 is 1. The number of benzene rings is 1. The van der Waals surface area contributed by atoms with Gasteiger partial charge in [0.2, 0.25) is 0 Å². The molecule has 0 amide bonds. The molecule has 0 spiro atoms. The van der Waals surface area contributed by atoms with Gasteiger partial charge < -0.3 is 20.3 Å². The molecule has 148 valence electrons. The van der Waals surface area contributed by atoms with E-state index in [1.165, 1.54) is 5.56 Å². The van der Waals surface area contributed by atoms with Gasteiger partial charge in [-0.25, -0.2) is 0 Å². The quantitative estimate of drug-likeness (QED) is 0.246. The highest BCUT2D eigenvalue weighted by molar-refractivity contribution is 14.0. The molecule has 0 atom stereocenters. The Bertz CT molecular complexity index is 492. The van der Waals surface area contributed by atoms with Gasteiger partial charge in [-0.15, -0.1) is 24.0 Å². The summed E-state index contributed by atoms with van der Waals surface area (Å²) in [4.78, 5) is 9.32. The molecule has 1 aromatic carbocycles. The highest BCUT2D eigenvalue weighted by Gasteiger charge is 2.16. The highest BCUT2D eigenvalue weighted by atomic mass is 127. The smallest absolute Gasteiger partial charge is 0.191 e. The summed E-state index contributed by atoms with van der Waals surface area (Å²) >= 11 is 0. The Kier molecular flexibility index (Phi) is 12.6. The van der Waals surface area contributed by atoms with Gasteiger partial charge in [0.1, 0.15) is 0 Å². The van der Waals surface area contributed by atoms with Crippen LogP contribution >= 0.6 is 24.0 Å². The number of nitrogens with zero attached hydrogens (tertiary/aromatic N) is 3. The summed E-state index contributed by atoms with van der Waals surface area (Å²) < 4.78 is 5.03.